The lowest BCUT2D eigenvalue weighted by Crippen LogP contribution is -2.54. The highest BCUT2D eigenvalue weighted by molar-refractivity contribution is 6.39. The van der Waals surface area contributed by atoms with Gasteiger partial charge in [-0.15, -0.1) is 0 Å². The molecule has 176 valence electrons. The van der Waals surface area contributed by atoms with E-state index in [0.29, 0.717) is 33.1 Å². The minimum atomic E-state index is -0.842. The molecule has 4 amide bonds. The Balaban J connectivity index is 1.65. The Morgan fingerprint density at radius 2 is 1.77 bits per heavy atom. The van der Waals surface area contributed by atoms with E-state index in [4.69, 9.17) is 16.3 Å². The minimum Gasteiger partial charge on any atom is -0.488 e. The van der Waals surface area contributed by atoms with Crippen molar-refractivity contribution in [2.24, 2.45) is 0 Å². The van der Waals surface area contributed by atoms with E-state index in [9.17, 15) is 24.5 Å². The number of rotatable bonds is 6. The SMILES string of the molecule is Cc1ccccc1N1C(=O)NC(=O)/C(=C\c2cc(Cl)ccc2OCc2ccc([N+](=O)[O-])cc2)C1=O. The first kappa shape index (κ1) is 23.7. The molecule has 1 aliphatic heterocycles. The number of ether oxygens (including phenoxy) is 1. The summed E-state index contributed by atoms with van der Waals surface area (Å²) in [5.41, 5.74) is 1.74. The van der Waals surface area contributed by atoms with Crippen LogP contribution in [-0.2, 0) is 16.2 Å². The van der Waals surface area contributed by atoms with E-state index in [2.05, 4.69) is 5.32 Å². The van der Waals surface area contributed by atoms with Crippen LogP contribution in [0.4, 0.5) is 16.2 Å². The first-order valence-corrected chi connectivity index (χ1v) is 10.7. The summed E-state index contributed by atoms with van der Waals surface area (Å²) in [5.74, 6) is -1.30. The number of halogens is 1. The number of hydrogen-bond acceptors (Lipinski definition) is 6. The fraction of sp³-hybridized carbons (Fsp3) is 0.0800. The zero-order chi connectivity index (χ0) is 25.1. The average molecular weight is 492 g/mol. The van der Waals surface area contributed by atoms with E-state index in [-0.39, 0.29) is 17.9 Å². The summed E-state index contributed by atoms with van der Waals surface area (Å²) in [6.45, 7) is 1.82. The number of urea groups is 1. The highest BCUT2D eigenvalue weighted by Gasteiger charge is 2.37. The molecule has 3 aromatic carbocycles. The third kappa shape index (κ3) is 5.04. The van der Waals surface area contributed by atoms with Crippen molar-refractivity contribution < 1.29 is 24.0 Å². The lowest BCUT2D eigenvalue weighted by molar-refractivity contribution is -0.384. The molecule has 1 aliphatic rings. The average Bonchev–Trinajstić information content (AvgIpc) is 2.82. The number of imide groups is 2. The lowest BCUT2D eigenvalue weighted by Gasteiger charge is -2.27. The van der Waals surface area contributed by atoms with Crippen LogP contribution >= 0.6 is 11.6 Å². The van der Waals surface area contributed by atoms with Gasteiger partial charge in [-0.3, -0.25) is 25.0 Å². The zero-order valence-electron chi connectivity index (χ0n) is 18.4. The Morgan fingerprint density at radius 3 is 2.46 bits per heavy atom. The van der Waals surface area contributed by atoms with Crippen LogP contribution in [0, 0.1) is 17.0 Å². The summed E-state index contributed by atoms with van der Waals surface area (Å²) in [5, 5.41) is 13.4. The third-order valence-electron chi connectivity index (χ3n) is 5.27. The van der Waals surface area contributed by atoms with E-state index in [1.165, 1.54) is 24.3 Å². The number of para-hydroxylation sites is 1. The predicted molar refractivity (Wildman–Crippen MR) is 129 cm³/mol. The molecule has 0 saturated carbocycles. The smallest absolute Gasteiger partial charge is 0.335 e. The molecule has 1 heterocycles. The Bertz CT molecular complexity index is 1380. The van der Waals surface area contributed by atoms with Gasteiger partial charge in [0.25, 0.3) is 17.5 Å². The number of nitrogens with zero attached hydrogens (tertiary/aromatic N) is 2. The summed E-state index contributed by atoms with van der Waals surface area (Å²) in [7, 11) is 0. The van der Waals surface area contributed by atoms with E-state index >= 15 is 0 Å². The van der Waals surface area contributed by atoms with Crippen molar-refractivity contribution in [1.82, 2.24) is 5.32 Å². The number of non-ortho nitro benzene ring substituents is 1. The van der Waals surface area contributed by atoms with Gasteiger partial charge >= 0.3 is 6.03 Å². The van der Waals surface area contributed by atoms with Crippen molar-refractivity contribution in [3.63, 3.8) is 0 Å². The number of anilines is 1. The molecule has 9 nitrogen and oxygen atoms in total. The van der Waals surface area contributed by atoms with Crippen LogP contribution in [-0.4, -0.2) is 22.8 Å². The van der Waals surface area contributed by atoms with E-state index < -0.39 is 22.8 Å². The summed E-state index contributed by atoms with van der Waals surface area (Å²) in [4.78, 5) is 49.5. The van der Waals surface area contributed by atoms with Gasteiger partial charge in [0.15, 0.2) is 0 Å². The third-order valence-corrected chi connectivity index (χ3v) is 5.51. The number of nitro groups is 1. The number of nitrogens with one attached hydrogen (secondary N) is 1. The van der Waals surface area contributed by atoms with Crippen LogP contribution in [0.1, 0.15) is 16.7 Å². The minimum absolute atomic E-state index is 0.0414. The maximum atomic E-state index is 13.2. The highest BCUT2D eigenvalue weighted by atomic mass is 35.5. The normalized spacial score (nSPS) is 14.7. The largest absolute Gasteiger partial charge is 0.488 e. The maximum absolute atomic E-state index is 13.2. The molecular formula is C25H18ClN3O6. The fourth-order valence-corrected chi connectivity index (χ4v) is 3.67. The second kappa shape index (κ2) is 9.78. The molecule has 3 aromatic rings. The van der Waals surface area contributed by atoms with Gasteiger partial charge in [-0.25, -0.2) is 9.69 Å². The van der Waals surface area contributed by atoms with Gasteiger partial charge in [-0.1, -0.05) is 29.8 Å². The molecule has 0 aromatic heterocycles. The molecule has 0 spiro atoms. The molecule has 1 N–H and O–H groups in total. The van der Waals surface area contributed by atoms with Crippen LogP contribution < -0.4 is 15.0 Å². The predicted octanol–water partition coefficient (Wildman–Crippen LogP) is 4.80. The van der Waals surface area contributed by atoms with E-state index in [0.717, 1.165) is 4.90 Å². The van der Waals surface area contributed by atoms with Gasteiger partial charge in [0, 0.05) is 22.7 Å². The molecule has 0 radical (unpaired) electrons. The Labute approximate surface area is 204 Å². The molecule has 0 atom stereocenters. The zero-order valence-corrected chi connectivity index (χ0v) is 19.1. The van der Waals surface area contributed by atoms with Crippen LogP contribution in [0.5, 0.6) is 5.75 Å². The van der Waals surface area contributed by atoms with Gasteiger partial charge in [0.05, 0.1) is 10.6 Å². The number of benzene rings is 3. The number of hydrogen-bond donors (Lipinski definition) is 1. The number of amides is 4. The van der Waals surface area contributed by atoms with Gasteiger partial charge < -0.3 is 4.74 Å². The molecular weight excluding hydrogens is 474 g/mol. The first-order valence-electron chi connectivity index (χ1n) is 10.4. The Kier molecular flexibility index (Phi) is 6.61. The summed E-state index contributed by atoms with van der Waals surface area (Å²) in [6, 6.07) is 16.5. The quantitative estimate of drug-likeness (QED) is 0.229. The molecule has 10 heteroatoms. The van der Waals surface area contributed by atoms with E-state index in [1.54, 1.807) is 55.5 Å². The topological polar surface area (TPSA) is 119 Å². The molecule has 4 rings (SSSR count). The molecule has 1 saturated heterocycles. The number of carbonyl (C=O) groups is 3. The van der Waals surface area contributed by atoms with Crippen molar-refractivity contribution in [3.8, 4) is 5.75 Å². The van der Waals surface area contributed by atoms with Crippen LogP contribution in [0.3, 0.4) is 0 Å². The van der Waals surface area contributed by atoms with Gasteiger partial charge in [-0.05, 0) is 60.5 Å². The second-order valence-electron chi connectivity index (χ2n) is 7.64. The van der Waals surface area contributed by atoms with Crippen LogP contribution in [0.2, 0.25) is 5.02 Å². The summed E-state index contributed by atoms with van der Waals surface area (Å²) in [6.07, 6.45) is 1.31. The number of nitro benzene ring substituents is 1. The number of barbiturate groups is 1. The van der Waals surface area contributed by atoms with Crippen LogP contribution in [0.15, 0.2) is 72.3 Å². The Morgan fingerprint density at radius 1 is 1.06 bits per heavy atom. The van der Waals surface area contributed by atoms with E-state index in [1.807, 2.05) is 0 Å². The molecule has 1 fully saturated rings. The van der Waals surface area contributed by atoms with Gasteiger partial charge in [-0.2, -0.15) is 0 Å². The first-order chi connectivity index (χ1) is 16.7. The number of aryl methyl sites for hydroxylation is 1. The Hall–Kier alpha value is -4.50. The molecule has 0 unspecified atom stereocenters. The lowest BCUT2D eigenvalue weighted by atomic mass is 10.0. The summed E-state index contributed by atoms with van der Waals surface area (Å²) < 4.78 is 5.85. The van der Waals surface area contributed by atoms with Crippen molar-refractivity contribution >= 4 is 46.9 Å². The fourth-order valence-electron chi connectivity index (χ4n) is 3.48. The molecule has 0 aliphatic carbocycles. The highest BCUT2D eigenvalue weighted by Crippen LogP contribution is 2.29. The van der Waals surface area contributed by atoms with Crippen molar-refractivity contribution in [3.05, 3.63) is 104 Å². The number of carbonyl (C=O) groups excluding carboxylic acids is 3. The van der Waals surface area contributed by atoms with Crippen molar-refractivity contribution in [2.45, 2.75) is 13.5 Å². The summed E-state index contributed by atoms with van der Waals surface area (Å²) >= 11 is 6.14. The monoisotopic (exact) mass is 491 g/mol. The van der Waals surface area contributed by atoms with Crippen molar-refractivity contribution in [1.29, 1.82) is 0 Å². The maximum Gasteiger partial charge on any atom is 0.335 e. The van der Waals surface area contributed by atoms with Gasteiger partial charge in [0.1, 0.15) is 17.9 Å². The van der Waals surface area contributed by atoms with Crippen LogP contribution in [0.25, 0.3) is 6.08 Å². The standard InChI is InChI=1S/C25H18ClN3O6/c1-15-4-2-3-5-21(15)28-24(31)20(23(30)27-25(28)32)13-17-12-18(26)8-11-22(17)35-14-16-6-9-19(10-7-16)29(33)34/h2-13H,14H2,1H3,(H,27,30,32)/b20-13+. The molecule has 35 heavy (non-hydrogen) atoms. The van der Waals surface area contributed by atoms with Crippen molar-refractivity contribution in [2.75, 3.05) is 4.90 Å². The molecule has 0 bridgehead atoms. The second-order valence-corrected chi connectivity index (χ2v) is 8.08. The van der Waals surface area contributed by atoms with Gasteiger partial charge in [0.2, 0.25) is 0 Å².